The molecule has 3 nitrogen and oxygen atoms in total. The molecule has 1 aromatic carbocycles. The molecule has 1 heterocycles. The van der Waals surface area contributed by atoms with Crippen LogP contribution in [0.1, 0.15) is 34.6 Å². The van der Waals surface area contributed by atoms with E-state index in [9.17, 15) is 9.90 Å². The second kappa shape index (κ2) is 6.21. The maximum Gasteiger partial charge on any atom is 0.337 e. The van der Waals surface area contributed by atoms with Crippen LogP contribution in [-0.4, -0.2) is 11.1 Å². The number of aromatic carboxylic acids is 1. The van der Waals surface area contributed by atoms with E-state index in [1.54, 1.807) is 23.5 Å². The lowest BCUT2D eigenvalue weighted by Crippen LogP contribution is -2.11. The number of hydrogen-bond donors (Lipinski definition) is 2. The maximum absolute atomic E-state index is 11.3. The molecule has 0 fully saturated rings. The van der Waals surface area contributed by atoms with Crippen molar-refractivity contribution >= 4 is 38.9 Å². The predicted molar refractivity (Wildman–Crippen MR) is 82.1 cm³/mol. The Balaban J connectivity index is 2.29. The minimum absolute atomic E-state index is 0.138. The quantitative estimate of drug-likeness (QED) is 0.824. The number of thiophene rings is 1. The molecule has 1 unspecified atom stereocenters. The Labute approximate surface area is 124 Å². The van der Waals surface area contributed by atoms with Crippen LogP contribution in [0.2, 0.25) is 0 Å². The highest BCUT2D eigenvalue weighted by Gasteiger charge is 2.15. The molecule has 2 rings (SSSR count). The molecule has 0 spiro atoms. The van der Waals surface area contributed by atoms with Crippen molar-refractivity contribution in [2.75, 3.05) is 5.32 Å². The Bertz CT molecular complexity index is 569. The molecule has 0 aliphatic heterocycles. The zero-order valence-corrected chi connectivity index (χ0v) is 12.8. The number of anilines is 1. The number of carbonyl (C=O) groups is 1. The Morgan fingerprint density at radius 3 is 2.84 bits per heavy atom. The fourth-order valence-corrected chi connectivity index (χ4v) is 3.09. The van der Waals surface area contributed by atoms with Crippen LogP contribution in [0.4, 0.5) is 5.69 Å². The molecule has 0 aliphatic rings. The molecule has 1 aromatic heterocycles. The maximum atomic E-state index is 11.3. The standard InChI is InChI=1S/C14H14BrNO2S/c1-2-11(13-4-3-7-19-13)16-12-6-5-9(15)8-10(12)14(17)18/h3-8,11,16H,2H2,1H3,(H,17,18). The van der Waals surface area contributed by atoms with E-state index < -0.39 is 5.97 Å². The van der Waals surface area contributed by atoms with Crippen molar-refractivity contribution in [3.8, 4) is 0 Å². The van der Waals surface area contributed by atoms with Crippen molar-refractivity contribution in [2.24, 2.45) is 0 Å². The third-order valence-electron chi connectivity index (χ3n) is 2.84. The van der Waals surface area contributed by atoms with E-state index in [2.05, 4.69) is 34.2 Å². The van der Waals surface area contributed by atoms with Crippen molar-refractivity contribution in [2.45, 2.75) is 19.4 Å². The first kappa shape index (κ1) is 14.1. The van der Waals surface area contributed by atoms with Gasteiger partial charge in [-0.15, -0.1) is 11.3 Å². The highest BCUT2D eigenvalue weighted by Crippen LogP contribution is 2.29. The SMILES string of the molecule is CCC(Nc1ccc(Br)cc1C(=O)O)c1cccs1. The topological polar surface area (TPSA) is 49.3 Å². The van der Waals surface area contributed by atoms with Gasteiger partial charge in [0.2, 0.25) is 0 Å². The van der Waals surface area contributed by atoms with Gasteiger partial charge >= 0.3 is 5.97 Å². The Morgan fingerprint density at radius 2 is 2.26 bits per heavy atom. The van der Waals surface area contributed by atoms with E-state index in [1.165, 1.54) is 4.88 Å². The second-order valence-corrected chi connectivity index (χ2v) is 6.01. The number of rotatable bonds is 5. The highest BCUT2D eigenvalue weighted by molar-refractivity contribution is 9.10. The minimum atomic E-state index is -0.926. The summed E-state index contributed by atoms with van der Waals surface area (Å²) in [5.74, 6) is -0.926. The van der Waals surface area contributed by atoms with Gasteiger partial charge in [-0.05, 0) is 36.1 Å². The number of hydrogen-bond acceptors (Lipinski definition) is 3. The predicted octanol–water partition coefficient (Wildman–Crippen LogP) is 4.77. The fraction of sp³-hybridized carbons (Fsp3) is 0.214. The van der Waals surface area contributed by atoms with Crippen molar-refractivity contribution < 1.29 is 9.90 Å². The van der Waals surface area contributed by atoms with Crippen LogP contribution in [0.15, 0.2) is 40.2 Å². The Hall–Kier alpha value is -1.33. The van der Waals surface area contributed by atoms with Gasteiger partial charge in [0.15, 0.2) is 0 Å². The summed E-state index contributed by atoms with van der Waals surface area (Å²) < 4.78 is 0.764. The molecular formula is C14H14BrNO2S. The molecule has 0 aliphatic carbocycles. The first-order valence-electron chi connectivity index (χ1n) is 5.94. The lowest BCUT2D eigenvalue weighted by molar-refractivity contribution is 0.0698. The van der Waals surface area contributed by atoms with Crippen molar-refractivity contribution in [3.05, 3.63) is 50.6 Å². The molecule has 2 N–H and O–H groups in total. The van der Waals surface area contributed by atoms with E-state index in [4.69, 9.17) is 0 Å². The van der Waals surface area contributed by atoms with E-state index >= 15 is 0 Å². The number of halogens is 1. The summed E-state index contributed by atoms with van der Waals surface area (Å²) in [7, 11) is 0. The molecule has 5 heteroatoms. The number of carboxylic acids is 1. The average Bonchev–Trinajstić information content (AvgIpc) is 2.90. The van der Waals surface area contributed by atoms with Gasteiger partial charge in [0.25, 0.3) is 0 Å². The third-order valence-corrected chi connectivity index (χ3v) is 4.32. The Kier molecular flexibility index (Phi) is 4.61. The van der Waals surface area contributed by atoms with Gasteiger partial charge in [-0.1, -0.05) is 28.9 Å². The second-order valence-electron chi connectivity index (χ2n) is 4.12. The molecule has 0 amide bonds. The van der Waals surface area contributed by atoms with E-state index in [-0.39, 0.29) is 11.6 Å². The van der Waals surface area contributed by atoms with Crippen LogP contribution in [0.3, 0.4) is 0 Å². The van der Waals surface area contributed by atoms with Crippen molar-refractivity contribution in [1.29, 1.82) is 0 Å². The van der Waals surface area contributed by atoms with Crippen LogP contribution in [-0.2, 0) is 0 Å². The average molecular weight is 340 g/mol. The minimum Gasteiger partial charge on any atom is -0.478 e. The van der Waals surface area contributed by atoms with Gasteiger partial charge in [0, 0.05) is 15.0 Å². The van der Waals surface area contributed by atoms with Gasteiger partial charge in [0.05, 0.1) is 11.6 Å². The summed E-state index contributed by atoms with van der Waals surface area (Å²) >= 11 is 4.97. The molecule has 0 bridgehead atoms. The van der Waals surface area contributed by atoms with Gasteiger partial charge in [-0.2, -0.15) is 0 Å². The zero-order chi connectivity index (χ0) is 13.8. The molecule has 0 saturated carbocycles. The highest BCUT2D eigenvalue weighted by atomic mass is 79.9. The summed E-state index contributed by atoms with van der Waals surface area (Å²) in [5.41, 5.74) is 0.931. The van der Waals surface area contributed by atoms with Crippen molar-refractivity contribution in [1.82, 2.24) is 0 Å². The van der Waals surface area contributed by atoms with E-state index in [1.807, 2.05) is 17.5 Å². The summed E-state index contributed by atoms with van der Waals surface area (Å²) in [6.07, 6.45) is 0.898. The van der Waals surface area contributed by atoms with Crippen molar-refractivity contribution in [3.63, 3.8) is 0 Å². The van der Waals surface area contributed by atoms with Crippen LogP contribution in [0.25, 0.3) is 0 Å². The first-order chi connectivity index (χ1) is 9.11. The lowest BCUT2D eigenvalue weighted by Gasteiger charge is -2.18. The molecule has 0 saturated heterocycles. The number of benzene rings is 1. The van der Waals surface area contributed by atoms with Crippen LogP contribution >= 0.6 is 27.3 Å². The monoisotopic (exact) mass is 339 g/mol. The molecule has 0 radical (unpaired) electrons. The molecule has 1 atom stereocenters. The summed E-state index contributed by atoms with van der Waals surface area (Å²) in [6.45, 7) is 2.08. The summed E-state index contributed by atoms with van der Waals surface area (Å²) in [5, 5.41) is 14.6. The molecule has 100 valence electrons. The van der Waals surface area contributed by atoms with Gasteiger partial charge < -0.3 is 10.4 Å². The summed E-state index contributed by atoms with van der Waals surface area (Å²) in [4.78, 5) is 12.5. The zero-order valence-electron chi connectivity index (χ0n) is 10.4. The van der Waals surface area contributed by atoms with E-state index in [0.717, 1.165) is 10.9 Å². The van der Waals surface area contributed by atoms with Crippen LogP contribution < -0.4 is 5.32 Å². The number of nitrogens with one attached hydrogen (secondary N) is 1. The first-order valence-corrected chi connectivity index (χ1v) is 7.62. The third kappa shape index (κ3) is 3.36. The largest absolute Gasteiger partial charge is 0.478 e. The van der Waals surface area contributed by atoms with E-state index in [0.29, 0.717) is 5.69 Å². The lowest BCUT2D eigenvalue weighted by atomic mass is 10.1. The Morgan fingerprint density at radius 1 is 1.47 bits per heavy atom. The van der Waals surface area contributed by atoms with Gasteiger partial charge in [-0.3, -0.25) is 0 Å². The van der Waals surface area contributed by atoms with Gasteiger partial charge in [0.1, 0.15) is 0 Å². The molecule has 2 aromatic rings. The fourth-order valence-electron chi connectivity index (χ4n) is 1.87. The molecular weight excluding hydrogens is 326 g/mol. The molecule has 19 heavy (non-hydrogen) atoms. The normalized spacial score (nSPS) is 12.1. The number of carboxylic acid groups (broad SMARTS) is 1. The summed E-state index contributed by atoms with van der Waals surface area (Å²) in [6, 6.07) is 9.46. The van der Waals surface area contributed by atoms with Crippen LogP contribution in [0.5, 0.6) is 0 Å². The van der Waals surface area contributed by atoms with Crippen LogP contribution in [0, 0.1) is 0 Å². The smallest absolute Gasteiger partial charge is 0.337 e. The van der Waals surface area contributed by atoms with Gasteiger partial charge in [-0.25, -0.2) is 4.79 Å².